The van der Waals surface area contributed by atoms with E-state index < -0.39 is 12.0 Å². The van der Waals surface area contributed by atoms with Gasteiger partial charge in [0.25, 0.3) is 0 Å². The van der Waals surface area contributed by atoms with Gasteiger partial charge in [-0.1, -0.05) is 0 Å². The highest BCUT2D eigenvalue weighted by molar-refractivity contribution is 5.74. The molecule has 1 N–H and O–H groups in total. The molecule has 0 fully saturated rings. The van der Waals surface area contributed by atoms with Crippen molar-refractivity contribution in [1.29, 1.82) is 0 Å². The van der Waals surface area contributed by atoms with Crippen LogP contribution in [0.1, 0.15) is 23.3 Å². The molecule has 0 saturated carbocycles. The molecule has 64 valence electrons. The Balaban J connectivity index is 2.88. The number of carbonyl (C=O) groups excluding carboxylic acids is 1. The molecule has 0 spiro atoms. The van der Waals surface area contributed by atoms with Gasteiger partial charge >= 0.3 is 5.97 Å². The van der Waals surface area contributed by atoms with Gasteiger partial charge in [-0.25, -0.2) is 4.79 Å². The maximum atomic E-state index is 10.4. The Morgan fingerprint density at radius 3 is 2.92 bits per heavy atom. The van der Waals surface area contributed by atoms with Crippen molar-refractivity contribution < 1.29 is 14.7 Å². The Labute approximate surface area is 68.6 Å². The fourth-order valence-electron chi connectivity index (χ4n) is 0.739. The number of hydrogen-bond donors (Lipinski definition) is 1. The van der Waals surface area contributed by atoms with Gasteiger partial charge in [-0.3, -0.25) is 9.48 Å². The van der Waals surface area contributed by atoms with E-state index in [1.165, 1.54) is 24.0 Å². The maximum absolute atomic E-state index is 10.4. The van der Waals surface area contributed by atoms with Crippen molar-refractivity contribution in [2.45, 2.75) is 13.0 Å². The second-order valence-electron chi connectivity index (χ2n) is 2.39. The second kappa shape index (κ2) is 3.17. The van der Waals surface area contributed by atoms with Crippen molar-refractivity contribution in [2.24, 2.45) is 0 Å². The zero-order valence-electron chi connectivity index (χ0n) is 6.47. The van der Waals surface area contributed by atoms with E-state index in [0.717, 1.165) is 0 Å². The van der Waals surface area contributed by atoms with Crippen LogP contribution < -0.4 is 0 Å². The Bertz CT molecular complexity index is 305. The highest BCUT2D eigenvalue weighted by Crippen LogP contribution is 2.04. The highest BCUT2D eigenvalue weighted by Gasteiger charge is 2.13. The fourth-order valence-corrected chi connectivity index (χ4v) is 0.739. The number of nitrogens with zero attached hydrogens (tertiary/aromatic N) is 2. The monoisotopic (exact) mass is 168 g/mol. The summed E-state index contributed by atoms with van der Waals surface area (Å²) >= 11 is 0. The minimum Gasteiger partial charge on any atom is -0.480 e. The number of aldehydes is 1. The standard InChI is InChI=1S/C7H8N2O3/c1-5(7(11)12)9-3-6(4-10)2-8-9/h2-5H,1H3,(H,11,12). The van der Waals surface area contributed by atoms with Crippen LogP contribution in [0.2, 0.25) is 0 Å². The van der Waals surface area contributed by atoms with E-state index in [4.69, 9.17) is 5.11 Å². The van der Waals surface area contributed by atoms with Crippen LogP contribution in [-0.4, -0.2) is 27.1 Å². The number of carboxylic acid groups (broad SMARTS) is 1. The molecule has 0 aliphatic rings. The molecule has 1 atom stereocenters. The lowest BCUT2D eigenvalue weighted by Gasteiger charge is -2.04. The van der Waals surface area contributed by atoms with Gasteiger partial charge in [-0.15, -0.1) is 0 Å². The molecule has 5 heteroatoms. The summed E-state index contributed by atoms with van der Waals surface area (Å²) in [5.74, 6) is -0.976. The van der Waals surface area contributed by atoms with Crippen LogP contribution in [0.3, 0.4) is 0 Å². The van der Waals surface area contributed by atoms with E-state index >= 15 is 0 Å². The smallest absolute Gasteiger partial charge is 0.328 e. The summed E-state index contributed by atoms with van der Waals surface area (Å²) in [6.45, 7) is 1.49. The SMILES string of the molecule is CC(C(=O)O)n1cc(C=O)cn1. The number of hydrogen-bond acceptors (Lipinski definition) is 3. The number of carboxylic acids is 1. The number of aliphatic carboxylic acids is 1. The topological polar surface area (TPSA) is 72.2 Å². The molecule has 1 aromatic rings. The molecule has 0 bridgehead atoms. The summed E-state index contributed by atoms with van der Waals surface area (Å²) in [5.41, 5.74) is 0.378. The maximum Gasteiger partial charge on any atom is 0.328 e. The third kappa shape index (κ3) is 1.50. The normalized spacial score (nSPS) is 12.4. The van der Waals surface area contributed by atoms with Crippen molar-refractivity contribution >= 4 is 12.3 Å². The van der Waals surface area contributed by atoms with Gasteiger partial charge in [0.05, 0.1) is 11.8 Å². The van der Waals surface area contributed by atoms with Gasteiger partial charge in [-0.2, -0.15) is 5.10 Å². The van der Waals surface area contributed by atoms with Crippen LogP contribution in [-0.2, 0) is 4.79 Å². The van der Waals surface area contributed by atoms with E-state index in [0.29, 0.717) is 11.8 Å². The van der Waals surface area contributed by atoms with Gasteiger partial charge in [0.2, 0.25) is 0 Å². The first kappa shape index (κ1) is 8.45. The summed E-state index contributed by atoms with van der Waals surface area (Å²) in [5, 5.41) is 12.3. The lowest BCUT2D eigenvalue weighted by molar-refractivity contribution is -0.140. The van der Waals surface area contributed by atoms with Gasteiger partial charge < -0.3 is 5.11 Å². The average Bonchev–Trinajstić information content (AvgIpc) is 2.50. The second-order valence-corrected chi connectivity index (χ2v) is 2.39. The van der Waals surface area contributed by atoms with Gasteiger partial charge in [-0.05, 0) is 6.92 Å². The minimum atomic E-state index is -0.976. The quantitative estimate of drug-likeness (QED) is 0.660. The van der Waals surface area contributed by atoms with Crippen molar-refractivity contribution in [1.82, 2.24) is 9.78 Å². The molecule has 1 unspecified atom stereocenters. The molecule has 0 saturated heterocycles. The predicted molar refractivity (Wildman–Crippen MR) is 40.0 cm³/mol. The molecule has 1 rings (SSSR count). The van der Waals surface area contributed by atoms with Gasteiger partial charge in [0.15, 0.2) is 6.29 Å². The first-order chi connectivity index (χ1) is 5.65. The molecule has 1 aromatic heterocycles. The first-order valence-corrected chi connectivity index (χ1v) is 3.37. The van der Waals surface area contributed by atoms with Crippen LogP contribution >= 0.6 is 0 Å². The largest absolute Gasteiger partial charge is 0.480 e. The molecule has 5 nitrogen and oxygen atoms in total. The van der Waals surface area contributed by atoms with Gasteiger partial charge in [0, 0.05) is 6.20 Å². The van der Waals surface area contributed by atoms with Gasteiger partial charge in [0.1, 0.15) is 6.04 Å². The van der Waals surface area contributed by atoms with Crippen LogP contribution in [0.15, 0.2) is 12.4 Å². The van der Waals surface area contributed by atoms with E-state index in [2.05, 4.69) is 5.10 Å². The summed E-state index contributed by atoms with van der Waals surface area (Å²) < 4.78 is 1.23. The summed E-state index contributed by atoms with van der Waals surface area (Å²) in [7, 11) is 0. The lowest BCUT2D eigenvalue weighted by Crippen LogP contribution is -2.15. The van der Waals surface area contributed by atoms with Crippen LogP contribution in [0.5, 0.6) is 0 Å². The molecule has 0 aromatic carbocycles. The Morgan fingerprint density at radius 2 is 2.50 bits per heavy atom. The predicted octanol–water partition coefficient (Wildman–Crippen LogP) is 0.341. The molecular weight excluding hydrogens is 160 g/mol. The van der Waals surface area contributed by atoms with Crippen molar-refractivity contribution in [3.8, 4) is 0 Å². The summed E-state index contributed by atoms with van der Waals surface area (Å²) in [6.07, 6.45) is 3.34. The number of aromatic nitrogens is 2. The molecule has 0 aliphatic heterocycles. The minimum absolute atomic E-state index is 0.378. The van der Waals surface area contributed by atoms with E-state index in [1.54, 1.807) is 0 Å². The van der Waals surface area contributed by atoms with Crippen LogP contribution in [0.4, 0.5) is 0 Å². The molecular formula is C7H8N2O3. The van der Waals surface area contributed by atoms with Crippen LogP contribution in [0, 0.1) is 0 Å². The molecule has 0 aliphatic carbocycles. The van der Waals surface area contributed by atoms with Crippen molar-refractivity contribution in [3.05, 3.63) is 18.0 Å². The van der Waals surface area contributed by atoms with E-state index in [9.17, 15) is 9.59 Å². The highest BCUT2D eigenvalue weighted by atomic mass is 16.4. The summed E-state index contributed by atoms with van der Waals surface area (Å²) in [4.78, 5) is 20.7. The molecule has 12 heavy (non-hydrogen) atoms. The lowest BCUT2D eigenvalue weighted by atomic mass is 10.3. The van der Waals surface area contributed by atoms with E-state index in [1.807, 2.05) is 0 Å². The number of carbonyl (C=O) groups is 2. The number of rotatable bonds is 3. The molecule has 0 radical (unpaired) electrons. The Hall–Kier alpha value is -1.65. The zero-order valence-corrected chi connectivity index (χ0v) is 6.47. The fraction of sp³-hybridized carbons (Fsp3) is 0.286. The van der Waals surface area contributed by atoms with E-state index in [-0.39, 0.29) is 0 Å². The average molecular weight is 168 g/mol. The molecule has 1 heterocycles. The Morgan fingerprint density at radius 1 is 1.83 bits per heavy atom. The van der Waals surface area contributed by atoms with Crippen LogP contribution in [0.25, 0.3) is 0 Å². The Kier molecular flexibility index (Phi) is 2.23. The third-order valence-electron chi connectivity index (χ3n) is 1.51. The zero-order chi connectivity index (χ0) is 9.14. The van der Waals surface area contributed by atoms with Crippen molar-refractivity contribution in [2.75, 3.05) is 0 Å². The van der Waals surface area contributed by atoms with Crippen molar-refractivity contribution in [3.63, 3.8) is 0 Å². The molecule has 0 amide bonds. The third-order valence-corrected chi connectivity index (χ3v) is 1.51. The summed E-state index contributed by atoms with van der Waals surface area (Å²) in [6, 6.07) is -0.737. The first-order valence-electron chi connectivity index (χ1n) is 3.37.